The summed E-state index contributed by atoms with van der Waals surface area (Å²) in [7, 11) is -2.20. The number of rotatable bonds is 12. The largest absolute Gasteiger partial charge is 0.497 e. The molecule has 4 aromatic rings. The van der Waals surface area contributed by atoms with Crippen molar-refractivity contribution in [3.05, 3.63) is 71.6 Å². The van der Waals surface area contributed by atoms with Gasteiger partial charge in [-0.2, -0.15) is 4.31 Å². The number of carboxylic acid groups (broad SMARTS) is 1. The number of fused-ring (bicyclic) bond motifs is 4. The van der Waals surface area contributed by atoms with Crippen molar-refractivity contribution in [3.63, 3.8) is 0 Å². The van der Waals surface area contributed by atoms with Gasteiger partial charge in [-0.15, -0.1) is 11.3 Å². The van der Waals surface area contributed by atoms with Crippen molar-refractivity contribution in [1.82, 2.24) is 35.1 Å². The Labute approximate surface area is 406 Å². The van der Waals surface area contributed by atoms with Crippen molar-refractivity contribution in [1.29, 1.82) is 0 Å². The highest BCUT2D eigenvalue weighted by molar-refractivity contribution is 7.89. The Morgan fingerprint density at radius 1 is 1.00 bits per heavy atom. The highest BCUT2D eigenvalue weighted by Gasteiger charge is 2.61. The van der Waals surface area contributed by atoms with Crippen LogP contribution in [0.3, 0.4) is 0 Å². The van der Waals surface area contributed by atoms with E-state index in [4.69, 9.17) is 19.4 Å². The molecule has 2 saturated carbocycles. The number of hydrogen-bond acceptors (Lipinski definition) is 12. The van der Waals surface area contributed by atoms with Crippen molar-refractivity contribution < 1.29 is 42.2 Å². The van der Waals surface area contributed by atoms with Crippen LogP contribution in [0, 0.1) is 11.8 Å². The molecule has 1 saturated heterocycles. The van der Waals surface area contributed by atoms with Gasteiger partial charge in [-0.05, 0) is 82.1 Å². The van der Waals surface area contributed by atoms with Gasteiger partial charge in [0.2, 0.25) is 21.8 Å². The van der Waals surface area contributed by atoms with Crippen molar-refractivity contribution in [2.24, 2.45) is 11.8 Å². The Bertz CT molecular complexity index is 2720. The number of benzene rings is 2. The molecule has 0 bridgehead atoms. The number of nitrogens with one attached hydrogen (secondary N) is 4. The third-order valence-corrected chi connectivity index (χ3v) is 16.9. The molecule has 19 heteroatoms. The van der Waals surface area contributed by atoms with Crippen LogP contribution in [0.25, 0.3) is 22.3 Å². The van der Waals surface area contributed by atoms with E-state index in [2.05, 4.69) is 21.3 Å². The summed E-state index contributed by atoms with van der Waals surface area (Å²) >= 11 is 1.45. The first kappa shape index (κ1) is 48.2. The Hall–Kier alpha value is -5.79. The Morgan fingerprint density at radius 3 is 2.55 bits per heavy atom. The lowest BCUT2D eigenvalue weighted by molar-refractivity contribution is -0.145. The number of allylic oxidation sites excluding steroid dienone is 1. The number of sulfonamides is 1. The van der Waals surface area contributed by atoms with Gasteiger partial charge in [0.05, 0.1) is 29.8 Å². The Balaban J connectivity index is 1.00. The van der Waals surface area contributed by atoms with Gasteiger partial charge in [-0.1, -0.05) is 62.5 Å². The lowest BCUT2D eigenvalue weighted by Gasteiger charge is -2.34. The van der Waals surface area contributed by atoms with Gasteiger partial charge in [-0.3, -0.25) is 9.59 Å². The molecule has 17 nitrogen and oxygen atoms in total. The van der Waals surface area contributed by atoms with Crippen LogP contribution >= 0.6 is 11.3 Å². The van der Waals surface area contributed by atoms with Crippen LogP contribution in [0.2, 0.25) is 0 Å². The van der Waals surface area contributed by atoms with Crippen LogP contribution in [0.1, 0.15) is 96.5 Å². The number of ether oxygens (including phenoxy) is 2. The number of urea groups is 1. The second kappa shape index (κ2) is 20.3. The van der Waals surface area contributed by atoms with Crippen LogP contribution < -0.4 is 30.7 Å². The zero-order valence-corrected chi connectivity index (χ0v) is 41.0. The van der Waals surface area contributed by atoms with E-state index in [0.717, 1.165) is 50.1 Å². The van der Waals surface area contributed by atoms with Crippen molar-refractivity contribution >= 4 is 61.2 Å². The number of nitrogens with zero attached hydrogens (tertiary/aromatic N) is 4. The van der Waals surface area contributed by atoms with E-state index in [1.54, 1.807) is 37.4 Å². The van der Waals surface area contributed by atoms with Gasteiger partial charge in [-0.25, -0.2) is 28.0 Å². The number of carboxylic acids is 1. The summed E-state index contributed by atoms with van der Waals surface area (Å²) in [6.45, 7) is 4.31. The van der Waals surface area contributed by atoms with Gasteiger partial charge in [0, 0.05) is 60.4 Å². The molecule has 3 fully saturated rings. The van der Waals surface area contributed by atoms with E-state index in [9.17, 15) is 27.9 Å². The molecule has 368 valence electrons. The molecule has 0 spiro atoms. The SMILES string of the molecule is COc1ccc2c(O[C@@H]3C[C@H]4C(=O)N[C@]5(C(=O)O)CC5C=CCCCCC[C@H](NC(=O)NC(CN5Cc6ccccc6S5(=O)=O)C5CCCCC5)C(=O)N4C3)cc(-c3csc(NC(C)C)n3)nc2c1. The fraction of sp³-hybridized carbons (Fsp3) is 0.520. The number of methoxy groups -OCH3 is 1. The summed E-state index contributed by atoms with van der Waals surface area (Å²) in [6, 6.07) is 11.0. The molecule has 69 heavy (non-hydrogen) atoms. The standard InChI is InChI=1S/C50H62N8O9S2/c1-30(2)51-49-55-41(29-68-49)39-24-43(36-21-20-34(66-3)22-38(36)52-39)67-35-23-42-45(59)56-50(47(61)62)25-33(50)17-10-5-4-6-11-18-37(46(60)58(42)27-35)53-48(63)54-40(31-14-8-7-9-15-31)28-57-26-32-16-12-13-19-44(32)69(57,64)65/h10,12-13,16-17,19-22,24,29-31,33,35,37,40,42H,4-9,11,14-15,18,23,25-28H2,1-3H3,(H,51,55)(H,56,59)(H,61,62)(H2,53,54,63)/t33?,35-,37+,40?,42+,50-/m1/s1. The first-order chi connectivity index (χ1) is 33.2. The minimum absolute atomic E-state index is 0.0256. The summed E-state index contributed by atoms with van der Waals surface area (Å²) in [4.78, 5) is 68.2. The highest BCUT2D eigenvalue weighted by Crippen LogP contribution is 2.46. The fourth-order valence-electron chi connectivity index (χ4n) is 10.5. The number of amides is 4. The predicted molar refractivity (Wildman–Crippen MR) is 261 cm³/mol. The van der Waals surface area contributed by atoms with Crippen LogP contribution in [0.5, 0.6) is 11.5 Å². The van der Waals surface area contributed by atoms with Crippen LogP contribution in [-0.4, -0.2) is 113 Å². The van der Waals surface area contributed by atoms with E-state index < -0.39 is 69.5 Å². The van der Waals surface area contributed by atoms with Crippen molar-refractivity contribution in [2.45, 2.75) is 138 Å². The summed E-state index contributed by atoms with van der Waals surface area (Å²) in [5.41, 5.74) is 0.960. The number of aliphatic carboxylic acids is 1. The van der Waals surface area contributed by atoms with Gasteiger partial charge in [0.15, 0.2) is 5.13 Å². The molecule has 2 aliphatic carbocycles. The zero-order chi connectivity index (χ0) is 48.5. The number of carbonyl (C=O) groups is 4. The quantitative estimate of drug-likeness (QED) is 0.0922. The molecule has 0 radical (unpaired) electrons. The number of anilines is 1. The molecule has 5 heterocycles. The predicted octanol–water partition coefficient (Wildman–Crippen LogP) is 6.84. The van der Waals surface area contributed by atoms with Gasteiger partial charge < -0.3 is 40.7 Å². The molecule has 9 rings (SSSR count). The van der Waals surface area contributed by atoms with E-state index in [-0.39, 0.29) is 55.8 Å². The maximum Gasteiger partial charge on any atom is 0.330 e. The van der Waals surface area contributed by atoms with E-state index in [1.165, 1.54) is 20.5 Å². The summed E-state index contributed by atoms with van der Waals surface area (Å²) in [6.07, 6.45) is 11.1. The van der Waals surface area contributed by atoms with Gasteiger partial charge in [0.1, 0.15) is 40.9 Å². The maximum absolute atomic E-state index is 15.1. The number of hydrogen-bond donors (Lipinski definition) is 5. The maximum atomic E-state index is 15.1. The second-order valence-electron chi connectivity index (χ2n) is 19.4. The molecular formula is C50H62N8O9S2. The number of pyridine rings is 1. The first-order valence-corrected chi connectivity index (χ1v) is 26.6. The van der Waals surface area contributed by atoms with Gasteiger partial charge in [0.25, 0.3) is 0 Å². The molecule has 2 aromatic carbocycles. The van der Waals surface area contributed by atoms with Crippen LogP contribution in [0.15, 0.2) is 71.0 Å². The monoisotopic (exact) mass is 982 g/mol. The molecule has 5 N–H and O–H groups in total. The number of carbonyl (C=O) groups excluding carboxylic acids is 3. The molecule has 6 atom stereocenters. The lowest BCUT2D eigenvalue weighted by Crippen LogP contribution is -2.58. The normalized spacial score (nSPS) is 25.7. The third kappa shape index (κ3) is 10.4. The molecule has 3 aliphatic heterocycles. The molecule has 2 aromatic heterocycles. The van der Waals surface area contributed by atoms with E-state index in [1.807, 2.05) is 49.6 Å². The molecule has 5 aliphatic rings. The van der Waals surface area contributed by atoms with Crippen LogP contribution in [-0.2, 0) is 31.0 Å². The Morgan fingerprint density at radius 2 is 1.78 bits per heavy atom. The zero-order valence-electron chi connectivity index (χ0n) is 39.3. The highest BCUT2D eigenvalue weighted by atomic mass is 32.2. The summed E-state index contributed by atoms with van der Waals surface area (Å²) in [5, 5.41) is 26.0. The topological polar surface area (TPSA) is 221 Å². The first-order valence-electron chi connectivity index (χ1n) is 24.3. The van der Waals surface area contributed by atoms with E-state index in [0.29, 0.717) is 52.2 Å². The van der Waals surface area contributed by atoms with Crippen molar-refractivity contribution in [2.75, 3.05) is 25.5 Å². The molecular weight excluding hydrogens is 921 g/mol. The second-order valence-corrected chi connectivity index (χ2v) is 22.2. The van der Waals surface area contributed by atoms with Crippen LogP contribution in [0.4, 0.5) is 9.93 Å². The molecule has 4 amide bonds. The smallest absolute Gasteiger partial charge is 0.330 e. The summed E-state index contributed by atoms with van der Waals surface area (Å²) < 4.78 is 41.2. The van der Waals surface area contributed by atoms with E-state index >= 15 is 4.79 Å². The van der Waals surface area contributed by atoms with Gasteiger partial charge >= 0.3 is 12.0 Å². The average molecular weight is 983 g/mol. The summed E-state index contributed by atoms with van der Waals surface area (Å²) in [5.74, 6) is -1.59. The number of aromatic nitrogens is 2. The average Bonchev–Trinajstić information content (AvgIpc) is 3.56. The fourth-order valence-corrected chi connectivity index (χ4v) is 13.0. The van der Waals surface area contributed by atoms with Crippen molar-refractivity contribution in [3.8, 4) is 22.9 Å². The minimum atomic E-state index is -3.78. The minimum Gasteiger partial charge on any atom is -0.497 e. The Kier molecular flexibility index (Phi) is 14.2. The molecule has 2 unspecified atom stereocenters. The third-order valence-electron chi connectivity index (χ3n) is 14.3. The lowest BCUT2D eigenvalue weighted by atomic mass is 9.84. The number of thiazole rings is 1.